The smallest absolute Gasteiger partial charge is 0.191 e. The summed E-state index contributed by atoms with van der Waals surface area (Å²) >= 11 is 0. The molecule has 2 rings (SSSR count). The number of halogens is 1. The van der Waals surface area contributed by atoms with Crippen LogP contribution in [0.15, 0.2) is 29.3 Å². The Hall–Kier alpha value is -1.86. The van der Waals surface area contributed by atoms with Gasteiger partial charge < -0.3 is 24.8 Å². The van der Waals surface area contributed by atoms with Crippen molar-refractivity contribution in [1.82, 2.24) is 10.6 Å². The predicted molar refractivity (Wildman–Crippen MR) is 95.6 cm³/mol. The monoisotopic (exact) mass is 353 g/mol. The van der Waals surface area contributed by atoms with Crippen molar-refractivity contribution in [3.8, 4) is 5.75 Å². The van der Waals surface area contributed by atoms with Crippen molar-refractivity contribution in [2.24, 2.45) is 4.99 Å². The lowest BCUT2D eigenvalue weighted by Crippen LogP contribution is -2.42. The molecule has 0 saturated carbocycles. The second-order valence-corrected chi connectivity index (χ2v) is 5.98. The Morgan fingerprint density at radius 3 is 3.04 bits per heavy atom. The maximum atomic E-state index is 13.1. The standard InChI is InChI=1S/C18H28FN3O3/c1-14(25-16-6-3-5-15(19)11-16)12-22-18(20-2)21-8-4-9-24-17-7-10-23-13-17/h3,5-6,11,14,17H,4,7-10,12-13H2,1-2H3,(H2,20,21,22). The summed E-state index contributed by atoms with van der Waals surface area (Å²) in [6, 6.07) is 6.14. The van der Waals surface area contributed by atoms with Crippen LogP contribution in [-0.2, 0) is 9.47 Å². The summed E-state index contributed by atoms with van der Waals surface area (Å²) in [5.41, 5.74) is 0. The highest BCUT2D eigenvalue weighted by Crippen LogP contribution is 2.13. The molecule has 1 aliphatic heterocycles. The number of hydrogen-bond acceptors (Lipinski definition) is 4. The first-order valence-electron chi connectivity index (χ1n) is 8.73. The van der Waals surface area contributed by atoms with E-state index in [0.29, 0.717) is 31.5 Å². The molecule has 0 aliphatic carbocycles. The van der Waals surface area contributed by atoms with Crippen molar-refractivity contribution < 1.29 is 18.6 Å². The van der Waals surface area contributed by atoms with Crippen LogP contribution in [-0.4, -0.2) is 58.1 Å². The second kappa shape index (κ2) is 10.9. The minimum atomic E-state index is -0.304. The van der Waals surface area contributed by atoms with Crippen molar-refractivity contribution >= 4 is 5.96 Å². The molecule has 140 valence electrons. The zero-order valence-electron chi connectivity index (χ0n) is 15.0. The van der Waals surface area contributed by atoms with Gasteiger partial charge in [0.15, 0.2) is 5.96 Å². The first-order chi connectivity index (χ1) is 12.2. The highest BCUT2D eigenvalue weighted by Gasteiger charge is 2.15. The molecule has 1 aliphatic rings. The van der Waals surface area contributed by atoms with Gasteiger partial charge in [-0.2, -0.15) is 0 Å². The van der Waals surface area contributed by atoms with Gasteiger partial charge in [0.05, 0.1) is 19.3 Å². The molecule has 0 spiro atoms. The van der Waals surface area contributed by atoms with E-state index in [1.165, 1.54) is 12.1 Å². The molecule has 6 nitrogen and oxygen atoms in total. The van der Waals surface area contributed by atoms with Crippen LogP contribution in [0.3, 0.4) is 0 Å². The molecule has 2 N–H and O–H groups in total. The largest absolute Gasteiger partial charge is 0.489 e. The summed E-state index contributed by atoms with van der Waals surface area (Å²) in [4.78, 5) is 4.17. The van der Waals surface area contributed by atoms with Crippen LogP contribution >= 0.6 is 0 Å². The van der Waals surface area contributed by atoms with E-state index < -0.39 is 0 Å². The van der Waals surface area contributed by atoms with E-state index >= 15 is 0 Å². The number of rotatable bonds is 9. The third kappa shape index (κ3) is 7.70. The molecule has 25 heavy (non-hydrogen) atoms. The van der Waals surface area contributed by atoms with Gasteiger partial charge >= 0.3 is 0 Å². The minimum absolute atomic E-state index is 0.119. The number of hydrogen-bond donors (Lipinski definition) is 2. The molecule has 1 fully saturated rings. The van der Waals surface area contributed by atoms with Gasteiger partial charge in [-0.15, -0.1) is 0 Å². The number of ether oxygens (including phenoxy) is 3. The van der Waals surface area contributed by atoms with E-state index in [0.717, 1.165) is 26.0 Å². The van der Waals surface area contributed by atoms with Gasteiger partial charge in [0.1, 0.15) is 17.7 Å². The van der Waals surface area contributed by atoms with E-state index in [1.807, 2.05) is 6.92 Å². The van der Waals surface area contributed by atoms with Gasteiger partial charge in [-0.1, -0.05) is 6.07 Å². The van der Waals surface area contributed by atoms with Crippen LogP contribution in [0, 0.1) is 5.82 Å². The van der Waals surface area contributed by atoms with Crippen LogP contribution in [0.5, 0.6) is 5.75 Å². The first kappa shape index (κ1) is 19.5. The third-order valence-electron chi connectivity index (χ3n) is 3.77. The Morgan fingerprint density at radius 1 is 1.44 bits per heavy atom. The van der Waals surface area contributed by atoms with Gasteiger partial charge in [0.2, 0.25) is 0 Å². The number of benzene rings is 1. The molecule has 1 saturated heterocycles. The maximum absolute atomic E-state index is 13.1. The van der Waals surface area contributed by atoms with Crippen molar-refractivity contribution in [3.63, 3.8) is 0 Å². The Balaban J connectivity index is 1.57. The highest BCUT2D eigenvalue weighted by molar-refractivity contribution is 5.79. The molecule has 0 radical (unpaired) electrons. The fourth-order valence-electron chi connectivity index (χ4n) is 2.45. The molecule has 0 aromatic heterocycles. The van der Waals surface area contributed by atoms with Gasteiger partial charge in [-0.25, -0.2) is 4.39 Å². The van der Waals surface area contributed by atoms with E-state index in [-0.39, 0.29) is 18.0 Å². The third-order valence-corrected chi connectivity index (χ3v) is 3.77. The Kier molecular flexibility index (Phi) is 8.48. The lowest BCUT2D eigenvalue weighted by molar-refractivity contribution is 0.0420. The van der Waals surface area contributed by atoms with Gasteiger partial charge in [-0.3, -0.25) is 4.99 Å². The minimum Gasteiger partial charge on any atom is -0.489 e. The predicted octanol–water partition coefficient (Wildman–Crippen LogP) is 1.95. The molecule has 1 aromatic rings. The normalized spacial score (nSPS) is 18.8. The van der Waals surface area contributed by atoms with Crippen molar-refractivity contribution in [3.05, 3.63) is 30.1 Å². The molecular weight excluding hydrogens is 325 g/mol. The summed E-state index contributed by atoms with van der Waals surface area (Å²) in [6.07, 6.45) is 2.01. The second-order valence-electron chi connectivity index (χ2n) is 5.98. The fourth-order valence-corrected chi connectivity index (χ4v) is 2.45. The van der Waals surface area contributed by atoms with Gasteiger partial charge in [-0.05, 0) is 31.9 Å². The quantitative estimate of drug-likeness (QED) is 0.404. The van der Waals surface area contributed by atoms with E-state index in [9.17, 15) is 4.39 Å². The summed E-state index contributed by atoms with van der Waals surface area (Å²) in [6.45, 7) is 5.47. The average Bonchev–Trinajstić information content (AvgIpc) is 3.10. The highest BCUT2D eigenvalue weighted by atomic mass is 19.1. The molecule has 0 amide bonds. The van der Waals surface area contributed by atoms with Crippen LogP contribution in [0.1, 0.15) is 19.8 Å². The Morgan fingerprint density at radius 2 is 2.32 bits per heavy atom. The molecule has 1 heterocycles. The van der Waals surface area contributed by atoms with E-state index in [1.54, 1.807) is 19.2 Å². The molecule has 0 bridgehead atoms. The fraction of sp³-hybridized carbons (Fsp3) is 0.611. The summed E-state index contributed by atoms with van der Waals surface area (Å²) < 4.78 is 29.8. The maximum Gasteiger partial charge on any atom is 0.191 e. The lowest BCUT2D eigenvalue weighted by Gasteiger charge is -2.18. The van der Waals surface area contributed by atoms with Crippen LogP contribution in [0.25, 0.3) is 0 Å². The van der Waals surface area contributed by atoms with Crippen molar-refractivity contribution in [1.29, 1.82) is 0 Å². The number of guanidine groups is 1. The first-order valence-corrected chi connectivity index (χ1v) is 8.73. The van der Waals surface area contributed by atoms with Crippen molar-refractivity contribution in [2.45, 2.75) is 32.0 Å². The van der Waals surface area contributed by atoms with E-state index in [2.05, 4.69) is 15.6 Å². The zero-order chi connectivity index (χ0) is 17.9. The summed E-state index contributed by atoms with van der Waals surface area (Å²) in [5.74, 6) is 0.922. The number of aliphatic imine (C=N–C) groups is 1. The van der Waals surface area contributed by atoms with Gasteiger partial charge in [0.25, 0.3) is 0 Å². The SMILES string of the molecule is CN=C(NCCCOC1CCOC1)NCC(C)Oc1cccc(F)c1. The number of nitrogens with one attached hydrogen (secondary N) is 2. The molecule has 7 heteroatoms. The summed E-state index contributed by atoms with van der Waals surface area (Å²) in [5, 5.41) is 6.43. The molecule has 2 atom stereocenters. The number of nitrogens with zero attached hydrogens (tertiary/aromatic N) is 1. The summed E-state index contributed by atoms with van der Waals surface area (Å²) in [7, 11) is 1.72. The van der Waals surface area contributed by atoms with Gasteiger partial charge in [0, 0.05) is 32.9 Å². The Bertz CT molecular complexity index is 536. The van der Waals surface area contributed by atoms with Crippen LogP contribution in [0.4, 0.5) is 4.39 Å². The average molecular weight is 353 g/mol. The van der Waals surface area contributed by atoms with Crippen LogP contribution in [0.2, 0.25) is 0 Å². The lowest BCUT2D eigenvalue weighted by atomic mass is 10.3. The zero-order valence-corrected chi connectivity index (χ0v) is 15.0. The molecule has 2 unspecified atom stereocenters. The van der Waals surface area contributed by atoms with Crippen molar-refractivity contribution in [2.75, 3.05) is 40.0 Å². The molecular formula is C18H28FN3O3. The molecule has 1 aromatic carbocycles. The van der Waals surface area contributed by atoms with E-state index in [4.69, 9.17) is 14.2 Å². The topological polar surface area (TPSA) is 64.1 Å². The van der Waals surface area contributed by atoms with Crippen LogP contribution < -0.4 is 15.4 Å². The Labute approximate surface area is 148 Å².